The van der Waals surface area contributed by atoms with Gasteiger partial charge in [0.1, 0.15) is 11.4 Å². The van der Waals surface area contributed by atoms with E-state index in [1.165, 1.54) is 22.5 Å². The van der Waals surface area contributed by atoms with Crippen molar-refractivity contribution in [2.75, 3.05) is 12.3 Å². The molecule has 182 valence electrons. The van der Waals surface area contributed by atoms with Gasteiger partial charge in [-0.2, -0.15) is 0 Å². The van der Waals surface area contributed by atoms with Crippen LogP contribution in [0, 0.1) is 0 Å². The first kappa shape index (κ1) is 24.3. The third kappa shape index (κ3) is 5.40. The first-order valence-electron chi connectivity index (χ1n) is 12.1. The molecule has 2 amide bonds. The van der Waals surface area contributed by atoms with Crippen molar-refractivity contribution in [2.24, 2.45) is 0 Å². The van der Waals surface area contributed by atoms with Crippen LogP contribution < -0.4 is 5.32 Å². The van der Waals surface area contributed by atoms with Crippen LogP contribution in [0.1, 0.15) is 44.1 Å². The molecule has 2 heterocycles. The number of hydrogen-bond donors (Lipinski definition) is 1. The summed E-state index contributed by atoms with van der Waals surface area (Å²) in [6.45, 7) is 0.533. The highest BCUT2D eigenvalue weighted by atomic mass is 32.2. The van der Waals surface area contributed by atoms with Gasteiger partial charge in [0.2, 0.25) is 5.91 Å². The molecule has 1 fully saturated rings. The molecule has 0 radical (unpaired) electrons. The van der Waals surface area contributed by atoms with Crippen LogP contribution in [0.3, 0.4) is 0 Å². The van der Waals surface area contributed by atoms with Gasteiger partial charge in [-0.25, -0.2) is 0 Å². The molecule has 0 saturated carbocycles. The van der Waals surface area contributed by atoms with E-state index in [0.717, 1.165) is 12.0 Å². The average Bonchev–Trinajstić information content (AvgIpc) is 3.63. The molecule has 0 spiro atoms. The Balaban J connectivity index is 1.31. The summed E-state index contributed by atoms with van der Waals surface area (Å²) in [5.74, 6) is 0.580. The molecule has 1 N–H and O–H groups in total. The molecule has 2 atom stereocenters. The van der Waals surface area contributed by atoms with Crippen molar-refractivity contribution in [1.82, 2.24) is 10.2 Å². The largest absolute Gasteiger partial charge is 0.354 e. The summed E-state index contributed by atoms with van der Waals surface area (Å²) in [5, 5.41) is 4.87. The lowest BCUT2D eigenvalue weighted by Crippen LogP contribution is -2.48. The number of carbonyl (C=O) groups excluding carboxylic acids is 2. The third-order valence-corrected chi connectivity index (χ3v) is 8.67. The highest BCUT2D eigenvalue weighted by Gasteiger charge is 2.42. The normalized spacial score (nSPS) is 17.3. The predicted octanol–water partition coefficient (Wildman–Crippen LogP) is 6.34. The van der Waals surface area contributed by atoms with Crippen molar-refractivity contribution in [3.63, 3.8) is 0 Å². The van der Waals surface area contributed by atoms with Crippen molar-refractivity contribution in [3.8, 4) is 0 Å². The molecule has 1 aliphatic heterocycles. The Morgan fingerprint density at radius 2 is 1.44 bits per heavy atom. The number of nitrogens with zero attached hydrogens (tertiary/aromatic N) is 1. The van der Waals surface area contributed by atoms with Gasteiger partial charge < -0.3 is 10.2 Å². The zero-order chi connectivity index (χ0) is 24.7. The van der Waals surface area contributed by atoms with E-state index >= 15 is 0 Å². The molecular formula is C30H28N2O2S2. The summed E-state index contributed by atoms with van der Waals surface area (Å²) in [6, 6.07) is 34.0. The number of benzene rings is 3. The van der Waals surface area contributed by atoms with E-state index in [4.69, 9.17) is 0 Å². The molecule has 1 saturated heterocycles. The van der Waals surface area contributed by atoms with E-state index < -0.39 is 6.04 Å². The summed E-state index contributed by atoms with van der Waals surface area (Å²) < 4.78 is 0. The van der Waals surface area contributed by atoms with Crippen molar-refractivity contribution in [3.05, 3.63) is 130 Å². The second kappa shape index (κ2) is 11.6. The summed E-state index contributed by atoms with van der Waals surface area (Å²) in [7, 11) is 0. The van der Waals surface area contributed by atoms with Gasteiger partial charge in [-0.05, 0) is 34.6 Å². The van der Waals surface area contributed by atoms with E-state index in [2.05, 4.69) is 53.8 Å². The number of nitrogens with one attached hydrogen (secondary N) is 1. The molecule has 2 unspecified atom stereocenters. The lowest BCUT2D eigenvalue weighted by molar-refractivity contribution is -0.124. The number of rotatable bonds is 8. The highest BCUT2D eigenvalue weighted by molar-refractivity contribution is 7.99. The quantitative estimate of drug-likeness (QED) is 0.300. The molecule has 4 aromatic rings. The van der Waals surface area contributed by atoms with Crippen LogP contribution in [0.4, 0.5) is 0 Å². The Hall–Kier alpha value is -3.35. The van der Waals surface area contributed by atoms with E-state index in [9.17, 15) is 9.59 Å². The maximum absolute atomic E-state index is 13.5. The summed E-state index contributed by atoms with van der Waals surface area (Å²) in [4.78, 5) is 29.4. The van der Waals surface area contributed by atoms with Crippen LogP contribution >= 0.6 is 23.1 Å². The number of thiophene rings is 1. The molecule has 0 bridgehead atoms. The molecule has 4 nitrogen and oxygen atoms in total. The smallest absolute Gasteiger partial charge is 0.265 e. The predicted molar refractivity (Wildman–Crippen MR) is 148 cm³/mol. The summed E-state index contributed by atoms with van der Waals surface area (Å²) in [5.41, 5.74) is 3.50. The van der Waals surface area contributed by atoms with Gasteiger partial charge in [0.15, 0.2) is 0 Å². The minimum absolute atomic E-state index is 0.0875. The molecule has 5 rings (SSSR count). The monoisotopic (exact) mass is 512 g/mol. The number of thioether (sulfide) groups is 1. The van der Waals surface area contributed by atoms with Gasteiger partial charge in [0, 0.05) is 18.2 Å². The van der Waals surface area contributed by atoms with Gasteiger partial charge in [0.25, 0.3) is 5.91 Å². The molecule has 0 aliphatic carbocycles. The van der Waals surface area contributed by atoms with Gasteiger partial charge in [0.05, 0.1) is 4.88 Å². The first-order chi connectivity index (χ1) is 17.7. The zero-order valence-electron chi connectivity index (χ0n) is 19.8. The summed E-state index contributed by atoms with van der Waals surface area (Å²) >= 11 is 3.06. The van der Waals surface area contributed by atoms with Crippen LogP contribution in [0.2, 0.25) is 0 Å². The maximum Gasteiger partial charge on any atom is 0.265 e. The van der Waals surface area contributed by atoms with E-state index in [-0.39, 0.29) is 23.1 Å². The Morgan fingerprint density at radius 1 is 0.833 bits per heavy atom. The molecule has 6 heteroatoms. The molecule has 3 aromatic carbocycles. The second-order valence-electron chi connectivity index (χ2n) is 8.76. The van der Waals surface area contributed by atoms with Crippen LogP contribution in [0.5, 0.6) is 0 Å². The Labute approximate surface area is 220 Å². The third-order valence-electron chi connectivity index (χ3n) is 6.49. The van der Waals surface area contributed by atoms with E-state index in [0.29, 0.717) is 17.2 Å². The van der Waals surface area contributed by atoms with Crippen LogP contribution in [0.15, 0.2) is 109 Å². The van der Waals surface area contributed by atoms with Gasteiger partial charge >= 0.3 is 0 Å². The van der Waals surface area contributed by atoms with Crippen molar-refractivity contribution in [2.45, 2.75) is 23.8 Å². The van der Waals surface area contributed by atoms with E-state index in [1.807, 2.05) is 60.0 Å². The lowest BCUT2D eigenvalue weighted by atomic mass is 9.88. The molecular weight excluding hydrogens is 484 g/mol. The fourth-order valence-corrected chi connectivity index (χ4v) is 6.81. The molecule has 1 aromatic heterocycles. The zero-order valence-corrected chi connectivity index (χ0v) is 21.5. The van der Waals surface area contributed by atoms with Crippen LogP contribution in [0.25, 0.3) is 0 Å². The maximum atomic E-state index is 13.5. The first-order valence-corrected chi connectivity index (χ1v) is 14.1. The average molecular weight is 513 g/mol. The SMILES string of the molecule is O=C(NCCC(c1ccccc1)c1ccccc1)C1CSC(c2ccccc2)N1C(=O)c1cccs1. The van der Waals surface area contributed by atoms with Crippen LogP contribution in [-0.2, 0) is 4.79 Å². The Morgan fingerprint density at radius 3 is 2.03 bits per heavy atom. The molecule has 1 aliphatic rings. The van der Waals surface area contributed by atoms with Gasteiger partial charge in [-0.1, -0.05) is 97.1 Å². The van der Waals surface area contributed by atoms with Gasteiger partial charge in [-0.15, -0.1) is 23.1 Å². The molecule has 36 heavy (non-hydrogen) atoms. The number of hydrogen-bond acceptors (Lipinski definition) is 4. The van der Waals surface area contributed by atoms with E-state index in [1.54, 1.807) is 16.7 Å². The topological polar surface area (TPSA) is 49.4 Å². The van der Waals surface area contributed by atoms with Crippen LogP contribution in [-0.4, -0.2) is 35.1 Å². The fourth-order valence-electron chi connectivity index (χ4n) is 4.71. The second-order valence-corrected chi connectivity index (χ2v) is 10.8. The Bertz CT molecular complexity index is 1220. The number of amides is 2. The van der Waals surface area contributed by atoms with Crippen molar-refractivity contribution in [1.29, 1.82) is 0 Å². The number of carbonyl (C=O) groups is 2. The minimum atomic E-state index is -0.512. The Kier molecular flexibility index (Phi) is 7.84. The summed E-state index contributed by atoms with van der Waals surface area (Å²) in [6.07, 6.45) is 0.778. The van der Waals surface area contributed by atoms with Gasteiger partial charge in [-0.3, -0.25) is 9.59 Å². The highest BCUT2D eigenvalue weighted by Crippen LogP contribution is 2.42. The lowest BCUT2D eigenvalue weighted by Gasteiger charge is -2.29. The van der Waals surface area contributed by atoms with Crippen molar-refractivity contribution >= 4 is 34.9 Å². The minimum Gasteiger partial charge on any atom is -0.354 e. The standard InChI is InChI=1S/C30H28N2O2S2/c33-28(31-19-18-25(22-11-4-1-5-12-22)23-13-6-2-7-14-23)26-21-36-30(24-15-8-3-9-16-24)32(26)29(34)27-17-10-20-35-27/h1-17,20,25-26,30H,18-19,21H2,(H,31,33). The van der Waals surface area contributed by atoms with Crippen molar-refractivity contribution < 1.29 is 9.59 Å². The fraction of sp³-hybridized carbons (Fsp3) is 0.200.